The molecular formula is C53H46N2. The molecule has 2 heteroatoms. The molecule has 268 valence electrons. The van der Waals surface area contributed by atoms with Gasteiger partial charge in [0.1, 0.15) is 0 Å². The zero-order valence-corrected chi connectivity index (χ0v) is 32.1. The molecule has 2 aliphatic carbocycles. The highest BCUT2D eigenvalue weighted by Gasteiger charge is 2.37. The van der Waals surface area contributed by atoms with Crippen LogP contribution in [0, 0.1) is 0 Å². The molecule has 1 aromatic heterocycles. The number of anilines is 3. The van der Waals surface area contributed by atoms with E-state index in [1.165, 1.54) is 72.1 Å². The molecular weight excluding hydrogens is 665 g/mol. The van der Waals surface area contributed by atoms with Crippen molar-refractivity contribution in [1.82, 2.24) is 4.57 Å². The van der Waals surface area contributed by atoms with Gasteiger partial charge in [-0.3, -0.25) is 0 Å². The standard InChI is InChI=1S/C51H40N2.C2H6/c1-51(2)47-19-11-9-17-43(47)44-31-30-42(34-48(44)51)52(40-26-21-36(22-27-40)35-13-5-3-6-14-35)41-28-23-37(24-29-41)38-25-32-50-46(33-38)45-18-10-12-20-49(45)53(50)39-15-7-4-8-16-39;1-2/h3-10,12-18,20-34H,11,19H2,1-2H3;1-2H3. The van der Waals surface area contributed by atoms with Gasteiger partial charge in [0.15, 0.2) is 0 Å². The van der Waals surface area contributed by atoms with Crippen LogP contribution in [0.1, 0.15) is 51.7 Å². The van der Waals surface area contributed by atoms with Crippen LogP contribution < -0.4 is 4.90 Å². The van der Waals surface area contributed by atoms with E-state index >= 15 is 0 Å². The molecule has 1 heterocycles. The third kappa shape index (κ3) is 5.90. The van der Waals surface area contributed by atoms with Gasteiger partial charge in [-0.15, -0.1) is 0 Å². The SMILES string of the molecule is CC.CC1(C)C2=C(C=CCC2)c2ccc(N(c3ccc(-c4ccccc4)cc3)c3ccc(-c4ccc5c(c4)c4ccccc4n5-c4ccccc4)cc3)cc21. The number of benzene rings is 7. The van der Waals surface area contributed by atoms with Gasteiger partial charge in [-0.25, -0.2) is 0 Å². The van der Waals surface area contributed by atoms with Crippen LogP contribution in [0.25, 0.3) is 55.3 Å². The number of allylic oxidation sites excluding steroid dienone is 4. The van der Waals surface area contributed by atoms with Gasteiger partial charge < -0.3 is 9.47 Å². The Morgan fingerprint density at radius 1 is 0.509 bits per heavy atom. The zero-order chi connectivity index (χ0) is 37.5. The van der Waals surface area contributed by atoms with Crippen molar-refractivity contribution in [3.8, 4) is 27.9 Å². The lowest BCUT2D eigenvalue weighted by atomic mass is 9.78. The van der Waals surface area contributed by atoms with E-state index in [4.69, 9.17) is 0 Å². The normalized spacial score (nSPS) is 14.0. The van der Waals surface area contributed by atoms with E-state index in [0.29, 0.717) is 0 Å². The molecule has 8 aromatic rings. The molecule has 0 amide bonds. The van der Waals surface area contributed by atoms with E-state index in [1.807, 2.05) is 13.8 Å². The smallest absolute Gasteiger partial charge is 0.0541 e. The maximum absolute atomic E-state index is 2.44. The second-order valence-corrected chi connectivity index (χ2v) is 14.9. The fourth-order valence-electron chi connectivity index (χ4n) is 8.84. The lowest BCUT2D eigenvalue weighted by Crippen LogP contribution is -2.18. The van der Waals surface area contributed by atoms with Crippen molar-refractivity contribution in [3.05, 3.63) is 199 Å². The van der Waals surface area contributed by atoms with Crippen molar-refractivity contribution >= 4 is 44.4 Å². The van der Waals surface area contributed by atoms with Crippen molar-refractivity contribution in [2.75, 3.05) is 4.90 Å². The average Bonchev–Trinajstić information content (AvgIpc) is 3.70. The zero-order valence-electron chi connectivity index (χ0n) is 32.1. The first-order valence-corrected chi connectivity index (χ1v) is 19.7. The molecule has 0 saturated carbocycles. The Hall–Kier alpha value is -6.38. The second kappa shape index (κ2) is 14.1. The van der Waals surface area contributed by atoms with Crippen molar-refractivity contribution in [2.45, 2.75) is 46.0 Å². The molecule has 10 rings (SSSR count). The summed E-state index contributed by atoms with van der Waals surface area (Å²) in [5, 5.41) is 2.53. The molecule has 0 fully saturated rings. The van der Waals surface area contributed by atoms with E-state index in [-0.39, 0.29) is 5.41 Å². The lowest BCUT2D eigenvalue weighted by Gasteiger charge is -2.29. The van der Waals surface area contributed by atoms with Crippen molar-refractivity contribution in [2.24, 2.45) is 0 Å². The highest BCUT2D eigenvalue weighted by atomic mass is 15.1. The Morgan fingerprint density at radius 2 is 1.07 bits per heavy atom. The Labute approximate surface area is 325 Å². The number of fused-ring (bicyclic) bond motifs is 5. The first kappa shape index (κ1) is 34.4. The van der Waals surface area contributed by atoms with Crippen LogP contribution >= 0.6 is 0 Å². The van der Waals surface area contributed by atoms with Gasteiger partial charge in [0.2, 0.25) is 0 Å². The monoisotopic (exact) mass is 710 g/mol. The number of hydrogen-bond acceptors (Lipinski definition) is 1. The van der Waals surface area contributed by atoms with Crippen LogP contribution in [0.5, 0.6) is 0 Å². The summed E-state index contributed by atoms with van der Waals surface area (Å²) in [6, 6.07) is 62.2. The van der Waals surface area contributed by atoms with Gasteiger partial charge in [0.25, 0.3) is 0 Å². The summed E-state index contributed by atoms with van der Waals surface area (Å²) in [7, 11) is 0. The third-order valence-electron chi connectivity index (χ3n) is 11.5. The van der Waals surface area contributed by atoms with Crippen LogP contribution in [0.3, 0.4) is 0 Å². The third-order valence-corrected chi connectivity index (χ3v) is 11.5. The quantitative estimate of drug-likeness (QED) is 0.167. The molecule has 0 bridgehead atoms. The lowest BCUT2D eigenvalue weighted by molar-refractivity contribution is 0.607. The Morgan fingerprint density at radius 3 is 1.78 bits per heavy atom. The number of hydrogen-bond donors (Lipinski definition) is 0. The van der Waals surface area contributed by atoms with Gasteiger partial charge in [-0.05, 0) is 119 Å². The molecule has 0 spiro atoms. The van der Waals surface area contributed by atoms with E-state index in [9.17, 15) is 0 Å². The van der Waals surface area contributed by atoms with E-state index in [2.05, 4.69) is 205 Å². The predicted octanol–water partition coefficient (Wildman–Crippen LogP) is 15.0. The van der Waals surface area contributed by atoms with Gasteiger partial charge in [-0.1, -0.05) is 149 Å². The van der Waals surface area contributed by atoms with Gasteiger partial charge in [-0.2, -0.15) is 0 Å². The molecule has 0 saturated heterocycles. The Bertz CT molecular complexity index is 2710. The number of para-hydroxylation sites is 2. The second-order valence-electron chi connectivity index (χ2n) is 14.9. The minimum absolute atomic E-state index is 0.000405. The molecule has 7 aromatic carbocycles. The summed E-state index contributed by atoms with van der Waals surface area (Å²) < 4.78 is 2.37. The first-order valence-electron chi connectivity index (χ1n) is 19.7. The molecule has 0 unspecified atom stereocenters. The largest absolute Gasteiger partial charge is 0.310 e. The Balaban J connectivity index is 0.00000195. The van der Waals surface area contributed by atoms with Crippen LogP contribution in [0.2, 0.25) is 0 Å². The molecule has 0 N–H and O–H groups in total. The van der Waals surface area contributed by atoms with E-state index in [0.717, 1.165) is 24.2 Å². The highest BCUT2D eigenvalue weighted by molar-refractivity contribution is 6.10. The van der Waals surface area contributed by atoms with Gasteiger partial charge >= 0.3 is 0 Å². The van der Waals surface area contributed by atoms with Crippen molar-refractivity contribution < 1.29 is 0 Å². The minimum atomic E-state index is 0.000405. The minimum Gasteiger partial charge on any atom is -0.310 e. The number of aromatic nitrogens is 1. The number of nitrogens with zero attached hydrogens (tertiary/aromatic N) is 2. The predicted molar refractivity (Wildman–Crippen MR) is 236 cm³/mol. The van der Waals surface area contributed by atoms with Crippen LogP contribution in [-0.4, -0.2) is 4.57 Å². The van der Waals surface area contributed by atoms with Crippen LogP contribution in [0.4, 0.5) is 17.1 Å². The molecule has 2 aliphatic rings. The summed E-state index contributed by atoms with van der Waals surface area (Å²) in [5.74, 6) is 0. The summed E-state index contributed by atoms with van der Waals surface area (Å²) in [6.07, 6.45) is 6.94. The van der Waals surface area contributed by atoms with Gasteiger partial charge in [0, 0.05) is 38.9 Å². The molecule has 0 atom stereocenters. The highest BCUT2D eigenvalue weighted by Crippen LogP contribution is 2.52. The van der Waals surface area contributed by atoms with Crippen LogP contribution in [0.15, 0.2) is 188 Å². The first-order chi connectivity index (χ1) is 27.0. The molecule has 55 heavy (non-hydrogen) atoms. The molecule has 0 radical (unpaired) electrons. The van der Waals surface area contributed by atoms with Gasteiger partial charge in [0.05, 0.1) is 11.0 Å². The van der Waals surface area contributed by atoms with E-state index in [1.54, 1.807) is 5.57 Å². The maximum Gasteiger partial charge on any atom is 0.0541 e. The molecule has 2 nitrogen and oxygen atoms in total. The average molecular weight is 711 g/mol. The Kier molecular flexibility index (Phi) is 8.83. The number of rotatable bonds is 6. The van der Waals surface area contributed by atoms with Crippen molar-refractivity contribution in [3.63, 3.8) is 0 Å². The topological polar surface area (TPSA) is 8.17 Å². The summed E-state index contributed by atoms with van der Waals surface area (Å²) in [6.45, 7) is 8.80. The maximum atomic E-state index is 2.44. The molecule has 0 aliphatic heterocycles. The van der Waals surface area contributed by atoms with E-state index < -0.39 is 0 Å². The summed E-state index contributed by atoms with van der Waals surface area (Å²) in [5.41, 5.74) is 17.7. The van der Waals surface area contributed by atoms with Crippen molar-refractivity contribution in [1.29, 1.82) is 0 Å². The summed E-state index contributed by atoms with van der Waals surface area (Å²) >= 11 is 0. The fraction of sp³-hybridized carbons (Fsp3) is 0.132. The fourth-order valence-corrected chi connectivity index (χ4v) is 8.84. The van der Waals surface area contributed by atoms with Crippen LogP contribution in [-0.2, 0) is 5.41 Å². The summed E-state index contributed by atoms with van der Waals surface area (Å²) in [4.78, 5) is 2.42.